The number of imide groups is 2. The maximum Gasteiger partial charge on any atom is 0.335 e. The zero-order valence-corrected chi connectivity index (χ0v) is 24.0. The molecule has 7 rings (SSSR count). The second kappa shape index (κ2) is 10.1. The van der Waals surface area contributed by atoms with Crippen molar-refractivity contribution in [1.29, 1.82) is 0 Å². The Bertz CT molecular complexity index is 1360. The molecule has 1 heterocycles. The van der Waals surface area contributed by atoms with Gasteiger partial charge in [0.15, 0.2) is 11.5 Å². The normalized spacial score (nSPS) is 28.6. The summed E-state index contributed by atoms with van der Waals surface area (Å²) in [5.74, 6) is 2.11. The Hall–Kier alpha value is -3.14. The van der Waals surface area contributed by atoms with Crippen molar-refractivity contribution in [3.05, 3.63) is 69.3 Å². The topological polar surface area (TPSA) is 84.9 Å². The fourth-order valence-corrected chi connectivity index (χ4v) is 8.37. The van der Waals surface area contributed by atoms with E-state index in [4.69, 9.17) is 9.47 Å². The molecule has 5 aliphatic rings. The molecule has 4 aliphatic carbocycles. The number of barbiturate groups is 1. The number of amides is 4. The number of ether oxygens (including phenoxy) is 2. The second-order valence-corrected chi connectivity index (χ2v) is 12.5. The quantitative estimate of drug-likeness (QED) is 0.174. The SMILES string of the molecule is C=CCOc1c(I)cc(/C=C2/C(=O)NC(=O)N(c3ccc(C45CC6CC(CC(C6)C4)C5)cc3)C2=O)cc1OC. The minimum absolute atomic E-state index is 0.127. The first-order chi connectivity index (χ1) is 18.8. The third-order valence-corrected chi connectivity index (χ3v) is 9.59. The predicted molar refractivity (Wildman–Crippen MR) is 157 cm³/mol. The molecular weight excluding hydrogens is 607 g/mol. The Morgan fingerprint density at radius 2 is 1.69 bits per heavy atom. The minimum atomic E-state index is -0.745. The van der Waals surface area contributed by atoms with Gasteiger partial charge in [0.1, 0.15) is 12.2 Å². The van der Waals surface area contributed by atoms with E-state index in [0.29, 0.717) is 29.4 Å². The van der Waals surface area contributed by atoms with Crippen LogP contribution in [0.1, 0.15) is 49.7 Å². The Morgan fingerprint density at radius 1 is 1.05 bits per heavy atom. The van der Waals surface area contributed by atoms with Gasteiger partial charge in [-0.1, -0.05) is 24.8 Å². The van der Waals surface area contributed by atoms with Gasteiger partial charge in [-0.15, -0.1) is 0 Å². The molecule has 0 aromatic heterocycles. The second-order valence-electron chi connectivity index (χ2n) is 11.3. The van der Waals surface area contributed by atoms with Crippen LogP contribution in [0, 0.1) is 21.3 Å². The molecule has 4 amide bonds. The monoisotopic (exact) mass is 638 g/mol. The van der Waals surface area contributed by atoms with E-state index in [1.54, 1.807) is 18.2 Å². The number of hydrogen-bond donors (Lipinski definition) is 1. The van der Waals surface area contributed by atoms with Gasteiger partial charge in [0.2, 0.25) is 0 Å². The molecule has 0 spiro atoms. The van der Waals surface area contributed by atoms with Crippen LogP contribution in [0.25, 0.3) is 6.08 Å². The highest BCUT2D eigenvalue weighted by atomic mass is 127. The third-order valence-electron chi connectivity index (χ3n) is 8.79. The molecule has 2 aromatic rings. The average molecular weight is 639 g/mol. The maximum atomic E-state index is 13.5. The standard InChI is InChI=1S/C31H31IN2O5/c1-3-8-39-27-25(32)13-18(14-26(27)38-2)12-24-28(35)33-30(37)34(29(24)36)23-6-4-22(5-7-23)31-15-19-9-20(16-31)11-21(10-19)17-31/h3-7,12-14,19-21H,1,8-11,15-17H2,2H3,(H,33,35,37)/b24-12-. The first-order valence-electron chi connectivity index (χ1n) is 13.4. The van der Waals surface area contributed by atoms with Crippen LogP contribution >= 0.6 is 22.6 Å². The van der Waals surface area contributed by atoms with Crippen molar-refractivity contribution in [1.82, 2.24) is 5.32 Å². The van der Waals surface area contributed by atoms with Crippen LogP contribution in [0.4, 0.5) is 10.5 Å². The van der Waals surface area contributed by atoms with E-state index in [2.05, 4.69) is 46.6 Å². The molecule has 1 aliphatic heterocycles. The zero-order valence-electron chi connectivity index (χ0n) is 21.9. The average Bonchev–Trinajstić information content (AvgIpc) is 2.89. The van der Waals surface area contributed by atoms with Crippen LogP contribution in [-0.2, 0) is 15.0 Å². The molecule has 7 nitrogen and oxygen atoms in total. The predicted octanol–water partition coefficient (Wildman–Crippen LogP) is 6.00. The van der Waals surface area contributed by atoms with Crippen LogP contribution in [0.15, 0.2) is 54.6 Å². The fourth-order valence-electron chi connectivity index (χ4n) is 7.59. The lowest BCUT2D eigenvalue weighted by atomic mass is 9.48. The van der Waals surface area contributed by atoms with E-state index >= 15 is 0 Å². The molecule has 4 saturated carbocycles. The van der Waals surface area contributed by atoms with Crippen molar-refractivity contribution in [3.8, 4) is 11.5 Å². The van der Waals surface area contributed by atoms with Crippen molar-refractivity contribution >= 4 is 52.2 Å². The number of carbonyl (C=O) groups excluding carboxylic acids is 3. The molecule has 1 saturated heterocycles. The van der Waals surface area contributed by atoms with E-state index in [1.165, 1.54) is 57.3 Å². The molecule has 0 atom stereocenters. The van der Waals surface area contributed by atoms with Crippen LogP contribution in [-0.4, -0.2) is 31.6 Å². The molecule has 0 unspecified atom stereocenters. The number of rotatable bonds is 7. The van der Waals surface area contributed by atoms with E-state index < -0.39 is 17.8 Å². The van der Waals surface area contributed by atoms with E-state index in [0.717, 1.165) is 26.2 Å². The van der Waals surface area contributed by atoms with Crippen molar-refractivity contribution in [2.24, 2.45) is 17.8 Å². The number of anilines is 1. The van der Waals surface area contributed by atoms with Crippen molar-refractivity contribution in [3.63, 3.8) is 0 Å². The highest BCUT2D eigenvalue weighted by Crippen LogP contribution is 2.60. The van der Waals surface area contributed by atoms with Crippen LogP contribution in [0.5, 0.6) is 11.5 Å². The van der Waals surface area contributed by atoms with Gasteiger partial charge >= 0.3 is 6.03 Å². The smallest absolute Gasteiger partial charge is 0.335 e. The van der Waals surface area contributed by atoms with E-state index in [1.807, 2.05) is 12.1 Å². The number of nitrogens with zero attached hydrogens (tertiary/aromatic N) is 1. The van der Waals surface area contributed by atoms with Gasteiger partial charge in [-0.2, -0.15) is 0 Å². The van der Waals surface area contributed by atoms with Gasteiger partial charge in [0, 0.05) is 0 Å². The van der Waals surface area contributed by atoms with Crippen LogP contribution < -0.4 is 19.7 Å². The van der Waals surface area contributed by atoms with Gasteiger partial charge in [0.05, 0.1) is 16.4 Å². The largest absolute Gasteiger partial charge is 0.493 e. The van der Waals surface area contributed by atoms with Gasteiger partial charge in [0.25, 0.3) is 11.8 Å². The molecule has 4 bridgehead atoms. The summed E-state index contributed by atoms with van der Waals surface area (Å²) in [6.45, 7) is 3.98. The molecule has 202 valence electrons. The van der Waals surface area contributed by atoms with Crippen LogP contribution in [0.3, 0.4) is 0 Å². The molecule has 1 N–H and O–H groups in total. The lowest BCUT2D eigenvalue weighted by Crippen LogP contribution is -2.54. The van der Waals surface area contributed by atoms with Gasteiger partial charge in [-0.3, -0.25) is 14.9 Å². The number of methoxy groups -OCH3 is 1. The molecule has 39 heavy (non-hydrogen) atoms. The number of halogens is 1. The highest BCUT2D eigenvalue weighted by molar-refractivity contribution is 14.1. The van der Waals surface area contributed by atoms with Gasteiger partial charge < -0.3 is 9.47 Å². The Kier molecular flexibility index (Phi) is 6.77. The summed E-state index contributed by atoms with van der Waals surface area (Å²) in [6.07, 6.45) is 10.9. The summed E-state index contributed by atoms with van der Waals surface area (Å²) < 4.78 is 11.9. The number of nitrogens with one attached hydrogen (secondary N) is 1. The first kappa shape index (κ1) is 26.1. The number of carbonyl (C=O) groups is 3. The zero-order chi connectivity index (χ0) is 27.3. The molecule has 5 fully saturated rings. The lowest BCUT2D eigenvalue weighted by molar-refractivity contribution is -0.122. The third kappa shape index (κ3) is 4.66. The Morgan fingerprint density at radius 3 is 2.28 bits per heavy atom. The summed E-state index contributed by atoms with van der Waals surface area (Å²) in [5.41, 5.74) is 2.43. The summed E-state index contributed by atoms with van der Waals surface area (Å²) in [6, 6.07) is 10.6. The minimum Gasteiger partial charge on any atom is -0.493 e. The first-order valence-corrected chi connectivity index (χ1v) is 14.5. The molecular formula is C31H31IN2O5. The fraction of sp³-hybridized carbons (Fsp3) is 0.387. The van der Waals surface area contributed by atoms with E-state index in [9.17, 15) is 14.4 Å². The maximum absolute atomic E-state index is 13.5. The molecule has 8 heteroatoms. The number of benzene rings is 2. The summed E-state index contributed by atoms with van der Waals surface area (Å²) in [4.78, 5) is 40.1. The van der Waals surface area contributed by atoms with Crippen molar-refractivity contribution < 1.29 is 23.9 Å². The highest BCUT2D eigenvalue weighted by Gasteiger charge is 2.51. The van der Waals surface area contributed by atoms with Crippen molar-refractivity contribution in [2.75, 3.05) is 18.6 Å². The number of hydrogen-bond acceptors (Lipinski definition) is 5. The van der Waals surface area contributed by atoms with Gasteiger partial charge in [-0.05, 0) is 126 Å². The number of urea groups is 1. The van der Waals surface area contributed by atoms with E-state index in [-0.39, 0.29) is 11.0 Å². The van der Waals surface area contributed by atoms with Crippen molar-refractivity contribution in [2.45, 2.75) is 43.9 Å². The lowest BCUT2D eigenvalue weighted by Gasteiger charge is -2.57. The summed E-state index contributed by atoms with van der Waals surface area (Å²) in [5, 5.41) is 2.32. The Labute approximate surface area is 241 Å². The molecule has 0 radical (unpaired) electrons. The van der Waals surface area contributed by atoms with Gasteiger partial charge in [-0.25, -0.2) is 9.69 Å². The molecule has 2 aromatic carbocycles. The van der Waals surface area contributed by atoms with Crippen LogP contribution in [0.2, 0.25) is 0 Å². The summed E-state index contributed by atoms with van der Waals surface area (Å²) >= 11 is 2.11. The Balaban J connectivity index is 1.28. The summed E-state index contributed by atoms with van der Waals surface area (Å²) in [7, 11) is 1.52.